The van der Waals surface area contributed by atoms with Crippen molar-refractivity contribution in [3.05, 3.63) is 80.6 Å². The lowest BCUT2D eigenvalue weighted by Gasteiger charge is -2.08. The lowest BCUT2D eigenvalue weighted by Crippen LogP contribution is -2.17. The number of pyridine rings is 1. The second-order valence-corrected chi connectivity index (χ2v) is 5.57. The molecule has 0 saturated heterocycles. The SMILES string of the molecule is Cn1c(=O)cc(C#N)c2cc(C(=O)c3ccc(Cl)cc3)ccc21. The van der Waals surface area contributed by atoms with Crippen molar-refractivity contribution in [2.24, 2.45) is 7.05 Å². The smallest absolute Gasteiger partial charge is 0.252 e. The quantitative estimate of drug-likeness (QED) is 0.680. The van der Waals surface area contributed by atoms with Crippen molar-refractivity contribution in [3.63, 3.8) is 0 Å². The van der Waals surface area contributed by atoms with Gasteiger partial charge < -0.3 is 4.57 Å². The normalized spacial score (nSPS) is 10.5. The fourth-order valence-electron chi connectivity index (χ4n) is 2.46. The summed E-state index contributed by atoms with van der Waals surface area (Å²) in [5.74, 6) is -0.165. The summed E-state index contributed by atoms with van der Waals surface area (Å²) in [5.41, 5.74) is 1.58. The van der Waals surface area contributed by atoms with Crippen LogP contribution >= 0.6 is 11.6 Å². The van der Waals surface area contributed by atoms with E-state index in [9.17, 15) is 14.9 Å². The molecule has 0 unspecified atom stereocenters. The summed E-state index contributed by atoms with van der Waals surface area (Å²) in [5, 5.41) is 10.4. The Morgan fingerprint density at radius 3 is 2.39 bits per heavy atom. The minimum Gasteiger partial charge on any atom is -0.311 e. The second kappa shape index (κ2) is 5.71. The van der Waals surface area contributed by atoms with Gasteiger partial charge in [-0.25, -0.2) is 0 Å². The van der Waals surface area contributed by atoms with Gasteiger partial charge >= 0.3 is 0 Å². The van der Waals surface area contributed by atoms with E-state index >= 15 is 0 Å². The zero-order valence-electron chi connectivity index (χ0n) is 12.2. The van der Waals surface area contributed by atoms with Crippen LogP contribution in [-0.4, -0.2) is 10.4 Å². The molecule has 4 nitrogen and oxygen atoms in total. The first-order valence-electron chi connectivity index (χ1n) is 6.85. The fraction of sp³-hybridized carbons (Fsp3) is 0.0556. The molecule has 0 aliphatic heterocycles. The predicted molar refractivity (Wildman–Crippen MR) is 88.8 cm³/mol. The van der Waals surface area contributed by atoms with E-state index in [2.05, 4.69) is 0 Å². The molecule has 0 N–H and O–H groups in total. The first-order valence-corrected chi connectivity index (χ1v) is 7.23. The van der Waals surface area contributed by atoms with Gasteiger partial charge in [0, 0.05) is 34.6 Å². The molecule has 0 spiro atoms. The van der Waals surface area contributed by atoms with Crippen LogP contribution < -0.4 is 5.56 Å². The van der Waals surface area contributed by atoms with Crippen LogP contribution in [0.4, 0.5) is 0 Å². The van der Waals surface area contributed by atoms with Crippen LogP contribution in [0, 0.1) is 11.3 Å². The molecule has 1 aromatic heterocycles. The van der Waals surface area contributed by atoms with Gasteiger partial charge in [0.25, 0.3) is 5.56 Å². The van der Waals surface area contributed by atoms with Crippen molar-refractivity contribution < 1.29 is 4.79 Å². The van der Waals surface area contributed by atoms with Gasteiger partial charge in [-0.3, -0.25) is 9.59 Å². The molecule has 0 radical (unpaired) electrons. The molecule has 23 heavy (non-hydrogen) atoms. The maximum atomic E-state index is 12.6. The molecule has 3 rings (SSSR count). The van der Waals surface area contributed by atoms with Crippen LogP contribution in [0.3, 0.4) is 0 Å². The highest BCUT2D eigenvalue weighted by atomic mass is 35.5. The largest absolute Gasteiger partial charge is 0.311 e. The number of rotatable bonds is 2. The van der Waals surface area contributed by atoms with Crippen LogP contribution in [0.2, 0.25) is 5.02 Å². The second-order valence-electron chi connectivity index (χ2n) is 5.14. The predicted octanol–water partition coefficient (Wildman–Crippen LogP) is 3.29. The lowest BCUT2D eigenvalue weighted by molar-refractivity contribution is 0.103. The topological polar surface area (TPSA) is 62.9 Å². The standard InChI is InChI=1S/C18H11ClN2O2/c1-21-16-7-4-12(8-15(16)13(10-20)9-17(21)22)18(23)11-2-5-14(19)6-3-11/h2-9H,1H3. The maximum absolute atomic E-state index is 12.6. The van der Waals surface area contributed by atoms with Crippen molar-refractivity contribution >= 4 is 28.3 Å². The third-order valence-corrected chi connectivity index (χ3v) is 3.99. The van der Waals surface area contributed by atoms with Crippen molar-refractivity contribution in [1.29, 1.82) is 5.26 Å². The number of benzene rings is 2. The summed E-state index contributed by atoms with van der Waals surface area (Å²) in [6, 6.07) is 14.9. The summed E-state index contributed by atoms with van der Waals surface area (Å²) in [7, 11) is 1.63. The van der Waals surface area contributed by atoms with Gasteiger partial charge in [-0.1, -0.05) is 11.6 Å². The van der Waals surface area contributed by atoms with Crippen molar-refractivity contribution in [3.8, 4) is 6.07 Å². The minimum absolute atomic E-state index is 0.165. The van der Waals surface area contributed by atoms with Crippen LogP contribution in [-0.2, 0) is 7.05 Å². The Kier molecular flexibility index (Phi) is 3.73. The molecule has 0 bridgehead atoms. The van der Waals surface area contributed by atoms with Crippen LogP contribution in [0.1, 0.15) is 21.5 Å². The van der Waals surface area contributed by atoms with Gasteiger partial charge in [-0.2, -0.15) is 5.26 Å². The number of nitriles is 1. The molecule has 0 saturated carbocycles. The summed E-state index contributed by atoms with van der Waals surface area (Å²) >= 11 is 5.83. The first-order chi connectivity index (χ1) is 11.0. The Labute approximate surface area is 137 Å². The third kappa shape index (κ3) is 2.63. The Morgan fingerprint density at radius 1 is 1.09 bits per heavy atom. The Morgan fingerprint density at radius 2 is 1.74 bits per heavy atom. The van der Waals surface area contributed by atoms with Crippen LogP contribution in [0.25, 0.3) is 10.9 Å². The number of aryl methyl sites for hydroxylation is 1. The average Bonchev–Trinajstić information content (AvgIpc) is 2.57. The summed E-state index contributed by atoms with van der Waals surface area (Å²) in [6.07, 6.45) is 0. The Bertz CT molecular complexity index is 1030. The number of carbonyl (C=O) groups excluding carboxylic acids is 1. The molecule has 0 aliphatic rings. The van der Waals surface area contributed by atoms with E-state index in [1.54, 1.807) is 49.5 Å². The van der Waals surface area contributed by atoms with Crippen molar-refractivity contribution in [2.75, 3.05) is 0 Å². The maximum Gasteiger partial charge on any atom is 0.252 e. The van der Waals surface area contributed by atoms with Crippen LogP contribution in [0.5, 0.6) is 0 Å². The lowest BCUT2D eigenvalue weighted by atomic mass is 10.00. The number of hydrogen-bond acceptors (Lipinski definition) is 3. The molecular formula is C18H11ClN2O2. The van der Waals surface area contributed by atoms with E-state index in [4.69, 9.17) is 11.6 Å². The highest BCUT2D eigenvalue weighted by Crippen LogP contribution is 2.21. The highest BCUT2D eigenvalue weighted by molar-refractivity contribution is 6.30. The Hall–Kier alpha value is -2.90. The Balaban J connectivity index is 2.19. The van der Waals surface area contributed by atoms with Crippen molar-refractivity contribution in [1.82, 2.24) is 4.57 Å². The average molecular weight is 323 g/mol. The molecule has 2 aromatic carbocycles. The fourth-order valence-corrected chi connectivity index (χ4v) is 2.59. The monoisotopic (exact) mass is 322 g/mol. The van der Waals surface area contributed by atoms with Gasteiger partial charge in [-0.05, 0) is 42.5 Å². The highest BCUT2D eigenvalue weighted by Gasteiger charge is 2.13. The number of halogens is 1. The molecule has 0 fully saturated rings. The summed E-state index contributed by atoms with van der Waals surface area (Å²) in [4.78, 5) is 24.4. The molecule has 0 amide bonds. The number of aromatic nitrogens is 1. The van der Waals surface area contributed by atoms with Gasteiger partial charge in [0.15, 0.2) is 5.78 Å². The summed E-state index contributed by atoms with van der Waals surface area (Å²) < 4.78 is 1.45. The third-order valence-electron chi connectivity index (χ3n) is 3.74. The van der Waals surface area contributed by atoms with E-state index in [0.717, 1.165) is 0 Å². The van der Waals surface area contributed by atoms with Gasteiger partial charge in [0.1, 0.15) is 6.07 Å². The number of hydrogen-bond donors (Lipinski definition) is 0. The van der Waals surface area contributed by atoms with Gasteiger partial charge in [0.05, 0.1) is 11.1 Å². The molecule has 112 valence electrons. The van der Waals surface area contributed by atoms with E-state index in [1.165, 1.54) is 10.6 Å². The number of fused-ring (bicyclic) bond motifs is 1. The van der Waals surface area contributed by atoms with Crippen LogP contribution in [0.15, 0.2) is 53.3 Å². The van der Waals surface area contributed by atoms with E-state index in [0.29, 0.717) is 27.1 Å². The van der Waals surface area contributed by atoms with Gasteiger partial charge in [0.2, 0.25) is 0 Å². The molecule has 1 heterocycles. The molecule has 0 atom stereocenters. The zero-order chi connectivity index (χ0) is 16.6. The first kappa shape index (κ1) is 15.0. The van der Waals surface area contributed by atoms with E-state index in [-0.39, 0.29) is 16.9 Å². The van der Waals surface area contributed by atoms with E-state index < -0.39 is 0 Å². The number of ketones is 1. The van der Waals surface area contributed by atoms with Crippen molar-refractivity contribution in [2.45, 2.75) is 0 Å². The summed E-state index contributed by atoms with van der Waals surface area (Å²) in [6.45, 7) is 0. The van der Waals surface area contributed by atoms with E-state index in [1.807, 2.05) is 6.07 Å². The van der Waals surface area contributed by atoms with Gasteiger partial charge in [-0.15, -0.1) is 0 Å². The zero-order valence-corrected chi connectivity index (χ0v) is 13.0. The molecular weight excluding hydrogens is 312 g/mol. The number of carbonyl (C=O) groups is 1. The minimum atomic E-state index is -0.258. The molecule has 5 heteroatoms. The number of nitrogens with zero attached hydrogens (tertiary/aromatic N) is 2. The molecule has 0 aliphatic carbocycles. The molecule has 3 aromatic rings.